The summed E-state index contributed by atoms with van der Waals surface area (Å²) in [5, 5.41) is 60.9. The number of nitrogens with one attached hydrogen (secondary N) is 1. The first-order valence-electron chi connectivity index (χ1n) is 18.8. The molecule has 6 N–H and O–H groups in total. The summed E-state index contributed by atoms with van der Waals surface area (Å²) >= 11 is 0. The van der Waals surface area contributed by atoms with Gasteiger partial charge in [0.2, 0.25) is 0 Å². The van der Waals surface area contributed by atoms with Crippen LogP contribution >= 0.6 is 0 Å². The third-order valence-corrected chi connectivity index (χ3v) is 11.7. The van der Waals surface area contributed by atoms with E-state index < -0.39 is 96.0 Å². The molecule has 0 aliphatic carbocycles. The topological polar surface area (TPSA) is 189 Å². The van der Waals surface area contributed by atoms with E-state index >= 15 is 0 Å². The van der Waals surface area contributed by atoms with Gasteiger partial charge >= 0.3 is 5.97 Å². The second kappa shape index (κ2) is 17.6. The summed E-state index contributed by atoms with van der Waals surface area (Å²) in [6.45, 7) is 17.8. The average Bonchev–Trinajstić information content (AvgIpc) is 3.05. The smallest absolute Gasteiger partial charge is 0.311 e. The molecule has 300 valence electrons. The van der Waals surface area contributed by atoms with E-state index in [1.54, 1.807) is 41.5 Å². The number of methoxy groups -OCH3 is 1. The van der Waals surface area contributed by atoms with E-state index in [2.05, 4.69) is 5.32 Å². The lowest BCUT2D eigenvalue weighted by molar-refractivity contribution is -0.318. The predicted octanol–water partition coefficient (Wildman–Crippen LogP) is 1.56. The van der Waals surface area contributed by atoms with Gasteiger partial charge in [-0.05, 0) is 94.3 Å². The molecule has 18 atom stereocenters. The number of carbonyl (C=O) groups is 1. The molecule has 14 nitrogen and oxygen atoms in total. The molecule has 3 aliphatic heterocycles. The number of aliphatic hydroxyl groups excluding tert-OH is 3. The van der Waals surface area contributed by atoms with Crippen LogP contribution in [0, 0.1) is 17.8 Å². The highest BCUT2D eigenvalue weighted by Crippen LogP contribution is 2.40. The number of aliphatic hydroxyl groups is 5. The maximum Gasteiger partial charge on any atom is 0.311 e. The first-order chi connectivity index (χ1) is 23.5. The Labute approximate surface area is 305 Å². The van der Waals surface area contributed by atoms with Crippen LogP contribution in [0.15, 0.2) is 0 Å². The van der Waals surface area contributed by atoms with Crippen LogP contribution in [0.25, 0.3) is 0 Å². The van der Waals surface area contributed by atoms with E-state index in [0.717, 1.165) is 0 Å². The summed E-state index contributed by atoms with van der Waals surface area (Å²) < 4.78 is 37.4. The van der Waals surface area contributed by atoms with Gasteiger partial charge in [0, 0.05) is 31.5 Å². The molecule has 0 spiro atoms. The van der Waals surface area contributed by atoms with Crippen LogP contribution in [0.3, 0.4) is 0 Å². The fraction of sp³-hybridized carbons (Fsp3) is 0.973. The van der Waals surface area contributed by atoms with Crippen molar-refractivity contribution >= 4 is 5.97 Å². The lowest BCUT2D eigenvalue weighted by Crippen LogP contribution is -2.60. The monoisotopic (exact) mass is 734 g/mol. The molecule has 0 unspecified atom stereocenters. The zero-order valence-electron chi connectivity index (χ0n) is 33.2. The minimum atomic E-state index is -1.80. The number of nitrogens with zero attached hydrogens (tertiary/aromatic N) is 1. The average molecular weight is 735 g/mol. The van der Waals surface area contributed by atoms with E-state index in [-0.39, 0.29) is 37.3 Å². The summed E-state index contributed by atoms with van der Waals surface area (Å²) in [5.41, 5.74) is -4.37. The number of ether oxygens (including phenoxy) is 6. The fourth-order valence-corrected chi connectivity index (χ4v) is 8.36. The SMILES string of the molecule is CC[C@@H]1OC(=O)[C@H](C)[C@H](O[C@@H]2C[C@](C)(OC)[C@H](O)[C@H](C)O2)[C@H](C)[C@H](O[C@@H]2O[C@H](C)C[C@H](N(C)C)[C@@H]2O)[C@](C)(O)C[C@H](C)CN[C@H](C)[C@H](O)[C@@]1(C)O. The van der Waals surface area contributed by atoms with E-state index in [1.807, 2.05) is 39.8 Å². The second-order valence-electron chi connectivity index (χ2n) is 16.7. The lowest BCUT2D eigenvalue weighted by atomic mass is 9.77. The van der Waals surface area contributed by atoms with Crippen molar-refractivity contribution in [3.05, 3.63) is 0 Å². The van der Waals surface area contributed by atoms with Gasteiger partial charge in [-0.3, -0.25) is 4.79 Å². The number of rotatable bonds is 7. The molecular weight excluding hydrogens is 664 g/mol. The highest BCUT2D eigenvalue weighted by molar-refractivity contribution is 5.73. The summed E-state index contributed by atoms with van der Waals surface area (Å²) in [4.78, 5) is 16.1. The molecule has 0 aromatic rings. The highest BCUT2D eigenvalue weighted by Gasteiger charge is 2.52. The van der Waals surface area contributed by atoms with Gasteiger partial charge in [0.25, 0.3) is 0 Å². The summed E-state index contributed by atoms with van der Waals surface area (Å²) in [6, 6.07) is -0.858. The second-order valence-corrected chi connectivity index (χ2v) is 16.7. The predicted molar refractivity (Wildman–Crippen MR) is 190 cm³/mol. The Morgan fingerprint density at radius 2 is 1.57 bits per heavy atom. The van der Waals surface area contributed by atoms with Crippen molar-refractivity contribution in [1.29, 1.82) is 0 Å². The van der Waals surface area contributed by atoms with Gasteiger partial charge in [-0.2, -0.15) is 0 Å². The van der Waals surface area contributed by atoms with Crippen molar-refractivity contribution in [2.75, 3.05) is 27.7 Å². The normalized spacial score (nSPS) is 49.9. The number of hydrogen-bond donors (Lipinski definition) is 6. The van der Waals surface area contributed by atoms with Crippen LogP contribution in [0.1, 0.15) is 94.9 Å². The minimum Gasteiger partial charge on any atom is -0.459 e. The zero-order valence-corrected chi connectivity index (χ0v) is 33.2. The maximum absolute atomic E-state index is 14.1. The standard InChI is InChI=1S/C37H70N2O12/c1-14-26-37(10,45)30(41)23(6)38-18-19(2)16-35(8,44)32(51-34-28(40)25(39(11)12)15-20(3)47-34)21(4)29(22(5)33(43)49-26)50-27-17-36(9,46-13)31(42)24(7)48-27/h19-32,34,38,40-42,44-45H,14-18H2,1-13H3/t19-,20+,21-,22+,23+,24-,25-,26-,27+,28-,29+,30-,31+,32-,34-,35+,36-,37-/m0/s1. The molecule has 3 fully saturated rings. The Bertz CT molecular complexity index is 1110. The van der Waals surface area contributed by atoms with Crippen LogP contribution in [-0.4, -0.2) is 154 Å². The molecule has 0 saturated carbocycles. The Balaban J connectivity index is 2.15. The fourth-order valence-electron chi connectivity index (χ4n) is 8.36. The molecule has 3 aliphatic rings. The summed E-state index contributed by atoms with van der Waals surface area (Å²) in [5.74, 6) is -2.60. The van der Waals surface area contributed by atoms with Gasteiger partial charge in [0.15, 0.2) is 12.6 Å². The molecule has 14 heteroatoms. The zero-order chi connectivity index (χ0) is 38.8. The number of esters is 1. The van der Waals surface area contributed by atoms with Crippen LogP contribution in [-0.2, 0) is 33.2 Å². The first kappa shape index (κ1) is 44.4. The van der Waals surface area contributed by atoms with Gasteiger partial charge in [0.05, 0.1) is 41.5 Å². The molecule has 0 aromatic carbocycles. The quantitative estimate of drug-likeness (QED) is 0.207. The van der Waals surface area contributed by atoms with Crippen LogP contribution in [0.5, 0.6) is 0 Å². The van der Waals surface area contributed by atoms with Crippen molar-refractivity contribution in [3.63, 3.8) is 0 Å². The van der Waals surface area contributed by atoms with Crippen molar-refractivity contribution in [3.8, 4) is 0 Å². The third kappa shape index (κ3) is 10.2. The number of hydrogen-bond acceptors (Lipinski definition) is 14. The molecule has 3 rings (SSSR count). The van der Waals surface area contributed by atoms with Crippen LogP contribution in [0.2, 0.25) is 0 Å². The number of likely N-dealkylation sites (N-methyl/N-ethyl adjacent to an activating group) is 1. The Kier molecular flexibility index (Phi) is 15.3. The Morgan fingerprint density at radius 1 is 0.941 bits per heavy atom. The summed E-state index contributed by atoms with van der Waals surface area (Å²) in [6.07, 6.45) is -8.22. The summed E-state index contributed by atoms with van der Waals surface area (Å²) in [7, 11) is 5.27. The van der Waals surface area contributed by atoms with E-state index in [4.69, 9.17) is 28.4 Å². The lowest BCUT2D eigenvalue weighted by Gasteiger charge is -2.48. The van der Waals surface area contributed by atoms with Gasteiger partial charge in [-0.25, -0.2) is 0 Å². The molecule has 0 amide bonds. The maximum atomic E-state index is 14.1. The van der Waals surface area contributed by atoms with Crippen molar-refractivity contribution in [2.45, 2.75) is 185 Å². The van der Waals surface area contributed by atoms with Gasteiger partial charge in [-0.1, -0.05) is 20.8 Å². The number of carbonyl (C=O) groups excluding carboxylic acids is 1. The molecule has 51 heavy (non-hydrogen) atoms. The van der Waals surface area contributed by atoms with Crippen molar-refractivity contribution in [1.82, 2.24) is 10.2 Å². The minimum absolute atomic E-state index is 0.132. The highest BCUT2D eigenvalue weighted by atomic mass is 16.7. The molecule has 0 aromatic heterocycles. The van der Waals surface area contributed by atoms with E-state index in [9.17, 15) is 30.3 Å². The molecule has 0 radical (unpaired) electrons. The molecule has 0 bridgehead atoms. The first-order valence-corrected chi connectivity index (χ1v) is 18.8. The largest absolute Gasteiger partial charge is 0.459 e. The van der Waals surface area contributed by atoms with E-state index in [1.165, 1.54) is 14.0 Å². The molecule has 3 saturated heterocycles. The van der Waals surface area contributed by atoms with Gasteiger partial charge in [-0.15, -0.1) is 0 Å². The molecule has 3 heterocycles. The van der Waals surface area contributed by atoms with Gasteiger partial charge in [0.1, 0.15) is 30.0 Å². The van der Waals surface area contributed by atoms with Crippen molar-refractivity contribution < 1.29 is 58.7 Å². The molecular formula is C37H70N2O12. The third-order valence-electron chi connectivity index (χ3n) is 11.7. The Hall–Kier alpha value is -1.01. The van der Waals surface area contributed by atoms with Gasteiger partial charge < -0.3 is 64.2 Å². The van der Waals surface area contributed by atoms with Crippen LogP contribution < -0.4 is 5.32 Å². The Morgan fingerprint density at radius 3 is 2.14 bits per heavy atom. The van der Waals surface area contributed by atoms with Crippen LogP contribution in [0.4, 0.5) is 0 Å². The van der Waals surface area contributed by atoms with E-state index in [0.29, 0.717) is 13.0 Å². The van der Waals surface area contributed by atoms with Crippen molar-refractivity contribution in [2.24, 2.45) is 17.8 Å². The number of cyclic esters (lactones) is 1.